The van der Waals surface area contributed by atoms with Gasteiger partial charge in [0.25, 0.3) is 0 Å². The highest BCUT2D eigenvalue weighted by Gasteiger charge is 2.08. The molecule has 1 aromatic carbocycles. The van der Waals surface area contributed by atoms with E-state index in [2.05, 4.69) is 34.4 Å². The molecule has 0 saturated carbocycles. The Labute approximate surface area is 138 Å². The molecular formula is C18H26N4O. The van der Waals surface area contributed by atoms with E-state index in [1.165, 1.54) is 0 Å². The maximum atomic E-state index is 5.84. The molecule has 1 atom stereocenters. The standard InChI is InChI=1S/C18H26N4O/c1-6-13(4)19-17-11-18(21-14(5)20-17)22-15-9-7-8-10-16(15)23-12(2)3/h7-13H,6H2,1-5H3,(H2,19,20,21,22). The van der Waals surface area contributed by atoms with Gasteiger partial charge in [-0.15, -0.1) is 0 Å². The number of benzene rings is 1. The van der Waals surface area contributed by atoms with Crippen molar-refractivity contribution in [1.82, 2.24) is 9.97 Å². The number of nitrogens with zero attached hydrogens (tertiary/aromatic N) is 2. The number of hydrogen-bond acceptors (Lipinski definition) is 5. The SMILES string of the molecule is CCC(C)Nc1cc(Nc2ccccc2OC(C)C)nc(C)n1. The Morgan fingerprint density at radius 2 is 1.78 bits per heavy atom. The molecule has 0 aliphatic carbocycles. The van der Waals surface area contributed by atoms with Crippen molar-refractivity contribution in [2.24, 2.45) is 0 Å². The van der Waals surface area contributed by atoms with Gasteiger partial charge in [-0.05, 0) is 46.2 Å². The molecule has 0 saturated heterocycles. The van der Waals surface area contributed by atoms with Gasteiger partial charge < -0.3 is 15.4 Å². The minimum Gasteiger partial charge on any atom is -0.489 e. The minimum absolute atomic E-state index is 0.118. The third-order valence-corrected chi connectivity index (χ3v) is 3.36. The zero-order valence-corrected chi connectivity index (χ0v) is 14.6. The average Bonchev–Trinajstić information content (AvgIpc) is 2.48. The molecule has 0 aliphatic rings. The number of aryl methyl sites for hydroxylation is 1. The molecule has 0 amide bonds. The quantitative estimate of drug-likeness (QED) is 0.786. The van der Waals surface area contributed by atoms with Gasteiger partial charge in [0, 0.05) is 12.1 Å². The average molecular weight is 314 g/mol. The van der Waals surface area contributed by atoms with Gasteiger partial charge in [0.05, 0.1) is 11.8 Å². The fraction of sp³-hybridized carbons (Fsp3) is 0.444. The molecule has 2 aromatic rings. The van der Waals surface area contributed by atoms with E-state index < -0.39 is 0 Å². The summed E-state index contributed by atoms with van der Waals surface area (Å²) in [7, 11) is 0. The van der Waals surface area contributed by atoms with Crippen molar-refractivity contribution in [3.8, 4) is 5.75 Å². The number of rotatable bonds is 7. The summed E-state index contributed by atoms with van der Waals surface area (Å²) in [6, 6.07) is 10.2. The zero-order valence-electron chi connectivity index (χ0n) is 14.6. The van der Waals surface area contributed by atoms with E-state index in [4.69, 9.17) is 4.74 Å². The molecule has 1 unspecified atom stereocenters. The Kier molecular flexibility index (Phi) is 5.79. The molecule has 5 nitrogen and oxygen atoms in total. The predicted molar refractivity (Wildman–Crippen MR) is 95.6 cm³/mol. The van der Waals surface area contributed by atoms with E-state index in [-0.39, 0.29) is 6.10 Å². The van der Waals surface area contributed by atoms with Crippen molar-refractivity contribution in [2.45, 2.75) is 53.2 Å². The number of ether oxygens (including phenoxy) is 1. The lowest BCUT2D eigenvalue weighted by molar-refractivity contribution is 0.244. The fourth-order valence-electron chi connectivity index (χ4n) is 2.12. The normalized spacial score (nSPS) is 12.1. The first-order valence-electron chi connectivity index (χ1n) is 8.13. The van der Waals surface area contributed by atoms with Crippen molar-refractivity contribution in [2.75, 3.05) is 10.6 Å². The van der Waals surface area contributed by atoms with Gasteiger partial charge in [-0.25, -0.2) is 9.97 Å². The summed E-state index contributed by atoms with van der Waals surface area (Å²) in [6.07, 6.45) is 1.16. The Balaban J connectivity index is 2.23. The van der Waals surface area contributed by atoms with Crippen LogP contribution in [0.1, 0.15) is 39.9 Å². The maximum absolute atomic E-state index is 5.84. The summed E-state index contributed by atoms with van der Waals surface area (Å²) in [5.41, 5.74) is 0.897. The second-order valence-corrected chi connectivity index (χ2v) is 5.93. The highest BCUT2D eigenvalue weighted by molar-refractivity contribution is 5.65. The summed E-state index contributed by atoms with van der Waals surface area (Å²) >= 11 is 0. The molecular weight excluding hydrogens is 288 g/mol. The third kappa shape index (κ3) is 5.13. The zero-order chi connectivity index (χ0) is 16.8. The summed E-state index contributed by atoms with van der Waals surface area (Å²) in [5, 5.41) is 6.72. The van der Waals surface area contributed by atoms with Gasteiger partial charge in [0.1, 0.15) is 23.2 Å². The number of hydrogen-bond donors (Lipinski definition) is 2. The van der Waals surface area contributed by atoms with E-state index in [1.807, 2.05) is 51.1 Å². The van der Waals surface area contributed by atoms with Crippen LogP contribution >= 0.6 is 0 Å². The Morgan fingerprint density at radius 1 is 1.09 bits per heavy atom. The van der Waals surface area contributed by atoms with Crippen LogP contribution in [0.4, 0.5) is 17.3 Å². The van der Waals surface area contributed by atoms with Crippen molar-refractivity contribution >= 4 is 17.3 Å². The van der Waals surface area contributed by atoms with E-state index >= 15 is 0 Å². The first kappa shape index (κ1) is 17.1. The molecule has 0 spiro atoms. The summed E-state index contributed by atoms with van der Waals surface area (Å²) in [4.78, 5) is 8.91. The van der Waals surface area contributed by atoms with Crippen LogP contribution in [0, 0.1) is 6.92 Å². The molecule has 2 rings (SSSR count). The van der Waals surface area contributed by atoms with E-state index in [0.29, 0.717) is 6.04 Å². The molecule has 1 heterocycles. The first-order chi connectivity index (χ1) is 11.0. The fourth-order valence-corrected chi connectivity index (χ4v) is 2.12. The van der Waals surface area contributed by atoms with Crippen molar-refractivity contribution in [3.63, 3.8) is 0 Å². The lowest BCUT2D eigenvalue weighted by Gasteiger charge is -2.16. The van der Waals surface area contributed by atoms with Crippen LogP contribution in [0.5, 0.6) is 5.75 Å². The minimum atomic E-state index is 0.118. The van der Waals surface area contributed by atoms with Crippen LogP contribution in [0.2, 0.25) is 0 Å². The van der Waals surface area contributed by atoms with Gasteiger partial charge in [-0.1, -0.05) is 19.1 Å². The van der Waals surface area contributed by atoms with Crippen LogP contribution in [-0.4, -0.2) is 22.1 Å². The highest BCUT2D eigenvalue weighted by Crippen LogP contribution is 2.28. The van der Waals surface area contributed by atoms with Gasteiger partial charge in [-0.2, -0.15) is 0 Å². The van der Waals surface area contributed by atoms with Gasteiger partial charge in [0.2, 0.25) is 0 Å². The second kappa shape index (κ2) is 7.81. The maximum Gasteiger partial charge on any atom is 0.143 e. The van der Waals surface area contributed by atoms with Crippen LogP contribution < -0.4 is 15.4 Å². The number of aromatic nitrogens is 2. The molecule has 0 radical (unpaired) electrons. The van der Waals surface area contributed by atoms with Gasteiger partial charge in [-0.3, -0.25) is 0 Å². The van der Waals surface area contributed by atoms with Crippen molar-refractivity contribution in [3.05, 3.63) is 36.2 Å². The summed E-state index contributed by atoms with van der Waals surface area (Å²) in [6.45, 7) is 10.2. The monoisotopic (exact) mass is 314 g/mol. The highest BCUT2D eigenvalue weighted by atomic mass is 16.5. The van der Waals surface area contributed by atoms with E-state index in [1.54, 1.807) is 0 Å². The van der Waals surface area contributed by atoms with Crippen LogP contribution in [0.25, 0.3) is 0 Å². The van der Waals surface area contributed by atoms with Crippen LogP contribution in [0.3, 0.4) is 0 Å². The summed E-state index contributed by atoms with van der Waals surface area (Å²) in [5.74, 6) is 3.12. The van der Waals surface area contributed by atoms with Crippen LogP contribution in [-0.2, 0) is 0 Å². The predicted octanol–water partition coefficient (Wildman–Crippen LogP) is 4.53. The molecule has 2 N–H and O–H groups in total. The Morgan fingerprint density at radius 3 is 2.48 bits per heavy atom. The van der Waals surface area contributed by atoms with Crippen molar-refractivity contribution < 1.29 is 4.74 Å². The molecule has 5 heteroatoms. The molecule has 124 valence electrons. The lowest BCUT2D eigenvalue weighted by atomic mass is 10.2. The molecule has 0 fully saturated rings. The second-order valence-electron chi connectivity index (χ2n) is 5.93. The number of para-hydroxylation sites is 2. The first-order valence-corrected chi connectivity index (χ1v) is 8.13. The van der Waals surface area contributed by atoms with Crippen LogP contribution in [0.15, 0.2) is 30.3 Å². The smallest absolute Gasteiger partial charge is 0.143 e. The number of anilines is 3. The number of nitrogens with one attached hydrogen (secondary N) is 2. The molecule has 0 aliphatic heterocycles. The van der Waals surface area contributed by atoms with Gasteiger partial charge in [0.15, 0.2) is 0 Å². The summed E-state index contributed by atoms with van der Waals surface area (Å²) < 4.78 is 5.84. The molecule has 0 bridgehead atoms. The largest absolute Gasteiger partial charge is 0.489 e. The van der Waals surface area contributed by atoms with Crippen molar-refractivity contribution in [1.29, 1.82) is 0 Å². The molecule has 1 aromatic heterocycles. The lowest BCUT2D eigenvalue weighted by Crippen LogP contribution is -2.15. The Hall–Kier alpha value is -2.30. The molecule has 23 heavy (non-hydrogen) atoms. The topological polar surface area (TPSA) is 59.1 Å². The van der Waals surface area contributed by atoms with E-state index in [9.17, 15) is 0 Å². The van der Waals surface area contributed by atoms with Gasteiger partial charge >= 0.3 is 0 Å². The van der Waals surface area contributed by atoms with E-state index in [0.717, 1.165) is 35.3 Å². The Bertz CT molecular complexity index is 643. The third-order valence-electron chi connectivity index (χ3n) is 3.36.